The van der Waals surface area contributed by atoms with E-state index in [0.717, 1.165) is 41.1 Å². The van der Waals surface area contributed by atoms with Crippen LogP contribution in [0.15, 0.2) is 55.1 Å². The van der Waals surface area contributed by atoms with E-state index in [-0.39, 0.29) is 22.8 Å². The van der Waals surface area contributed by atoms with Crippen molar-refractivity contribution in [3.05, 3.63) is 66.5 Å². The number of amides is 2. The molecule has 3 aromatic heterocycles. The lowest BCUT2D eigenvalue weighted by Crippen LogP contribution is -2.66. The second kappa shape index (κ2) is 9.86. The number of nitrogens with zero attached hydrogens (tertiary/aromatic N) is 7. The molecule has 0 radical (unpaired) electrons. The standard InChI is InChI=1S/C28H26FN9O/c29-24-13-19(14-31)1-2-25(24)35-27(39)36-11-5-21(6-12-36)37-17-28(18-37,7-8-30)38-16-20(15-34-38)22-3-9-32-26-23(22)4-10-33-26/h1-4,9-10,13,15-16,21H,5-7,11-12,17-18H2,(H,32,33)(H,35,39). The SMILES string of the molecule is N#CCC1(n2cc(-c3ccnc4[nH]ccc34)cn2)CN(C2CCN(C(=O)Nc3ccc(C#N)cc3F)CC2)C1. The van der Waals surface area contributed by atoms with Crippen LogP contribution in [0.3, 0.4) is 0 Å². The Kier molecular flexibility index (Phi) is 6.21. The summed E-state index contributed by atoms with van der Waals surface area (Å²) in [5.74, 6) is -0.630. The molecule has 0 spiro atoms. The number of piperidine rings is 1. The number of hydrogen-bond donors (Lipinski definition) is 2. The number of urea groups is 1. The first kappa shape index (κ1) is 24.6. The van der Waals surface area contributed by atoms with E-state index in [1.165, 1.54) is 12.1 Å². The maximum atomic E-state index is 14.2. The van der Waals surface area contributed by atoms with E-state index >= 15 is 0 Å². The number of nitriles is 2. The monoisotopic (exact) mass is 523 g/mol. The van der Waals surface area contributed by atoms with Gasteiger partial charge >= 0.3 is 6.03 Å². The maximum Gasteiger partial charge on any atom is 0.321 e. The molecule has 2 N–H and O–H groups in total. The number of likely N-dealkylation sites (tertiary alicyclic amines) is 2. The Morgan fingerprint density at radius 1 is 1.21 bits per heavy atom. The number of carbonyl (C=O) groups excluding carboxylic acids is 1. The molecule has 2 aliphatic rings. The van der Waals surface area contributed by atoms with Gasteiger partial charge < -0.3 is 15.2 Å². The third kappa shape index (κ3) is 4.47. The van der Waals surface area contributed by atoms with Crippen LogP contribution >= 0.6 is 0 Å². The van der Waals surface area contributed by atoms with Crippen molar-refractivity contribution in [1.82, 2.24) is 29.5 Å². The van der Waals surface area contributed by atoms with E-state index in [2.05, 4.69) is 31.4 Å². The topological polar surface area (TPSA) is 130 Å². The fourth-order valence-electron chi connectivity index (χ4n) is 5.70. The van der Waals surface area contributed by atoms with Crippen LogP contribution in [0.5, 0.6) is 0 Å². The van der Waals surface area contributed by atoms with Gasteiger partial charge in [0.15, 0.2) is 0 Å². The molecular weight excluding hydrogens is 497 g/mol. The molecule has 6 rings (SSSR count). The van der Waals surface area contributed by atoms with Crippen LogP contribution in [0, 0.1) is 28.5 Å². The van der Waals surface area contributed by atoms with Crippen molar-refractivity contribution in [1.29, 1.82) is 10.5 Å². The Morgan fingerprint density at radius 2 is 2.03 bits per heavy atom. The largest absolute Gasteiger partial charge is 0.346 e. The summed E-state index contributed by atoms with van der Waals surface area (Å²) in [6.45, 7) is 2.53. The number of aromatic amines is 1. The fraction of sp³-hybridized carbons (Fsp3) is 0.321. The lowest BCUT2D eigenvalue weighted by Gasteiger charge is -2.53. The zero-order valence-electron chi connectivity index (χ0n) is 21.1. The van der Waals surface area contributed by atoms with Gasteiger partial charge in [0.25, 0.3) is 0 Å². The van der Waals surface area contributed by atoms with E-state index in [1.807, 2.05) is 41.5 Å². The molecule has 1 aromatic carbocycles. The van der Waals surface area contributed by atoms with Gasteiger partial charge in [-0.3, -0.25) is 9.58 Å². The molecular formula is C28H26FN9O. The summed E-state index contributed by atoms with van der Waals surface area (Å²) in [4.78, 5) is 24.3. The van der Waals surface area contributed by atoms with E-state index in [0.29, 0.717) is 38.6 Å². The molecule has 0 aliphatic carbocycles. The highest BCUT2D eigenvalue weighted by molar-refractivity contribution is 5.92. The highest BCUT2D eigenvalue weighted by Crippen LogP contribution is 2.37. The molecule has 196 valence electrons. The molecule has 2 fully saturated rings. The first-order valence-corrected chi connectivity index (χ1v) is 12.8. The second-order valence-corrected chi connectivity index (χ2v) is 10.2. The molecule has 10 nitrogen and oxygen atoms in total. The van der Waals surface area contributed by atoms with Crippen LogP contribution in [-0.4, -0.2) is 67.8 Å². The number of halogens is 1. The molecule has 0 unspecified atom stereocenters. The minimum absolute atomic E-state index is 0.0627. The lowest BCUT2D eigenvalue weighted by molar-refractivity contribution is -0.0399. The third-order valence-electron chi connectivity index (χ3n) is 7.85. The predicted molar refractivity (Wildman–Crippen MR) is 142 cm³/mol. The van der Waals surface area contributed by atoms with Crippen molar-refractivity contribution >= 4 is 22.8 Å². The van der Waals surface area contributed by atoms with Crippen molar-refractivity contribution in [2.75, 3.05) is 31.5 Å². The van der Waals surface area contributed by atoms with Crippen molar-refractivity contribution in [2.24, 2.45) is 0 Å². The lowest BCUT2D eigenvalue weighted by atomic mass is 9.84. The van der Waals surface area contributed by atoms with Gasteiger partial charge in [0.05, 0.1) is 36.0 Å². The smallest absolute Gasteiger partial charge is 0.321 e. The van der Waals surface area contributed by atoms with Crippen LogP contribution < -0.4 is 5.32 Å². The highest BCUT2D eigenvalue weighted by Gasteiger charge is 2.48. The number of H-pyrrole nitrogens is 1. The Hall–Kier alpha value is -4.74. The molecule has 2 amide bonds. The van der Waals surface area contributed by atoms with E-state index in [9.17, 15) is 14.4 Å². The minimum Gasteiger partial charge on any atom is -0.346 e. The highest BCUT2D eigenvalue weighted by atomic mass is 19.1. The first-order valence-electron chi connectivity index (χ1n) is 12.8. The average molecular weight is 524 g/mol. The van der Waals surface area contributed by atoms with Crippen molar-refractivity contribution < 1.29 is 9.18 Å². The molecule has 4 aromatic rings. The minimum atomic E-state index is -0.630. The summed E-state index contributed by atoms with van der Waals surface area (Å²) in [5, 5.41) is 26.8. The first-order chi connectivity index (χ1) is 19.0. The average Bonchev–Trinajstić information content (AvgIpc) is 3.62. The Morgan fingerprint density at radius 3 is 2.77 bits per heavy atom. The van der Waals surface area contributed by atoms with Crippen LogP contribution in [-0.2, 0) is 5.54 Å². The van der Waals surface area contributed by atoms with Crippen molar-refractivity contribution in [3.63, 3.8) is 0 Å². The molecule has 11 heteroatoms. The number of pyridine rings is 1. The Balaban J connectivity index is 1.08. The summed E-state index contributed by atoms with van der Waals surface area (Å²) in [7, 11) is 0. The number of nitrogens with one attached hydrogen (secondary N) is 2. The number of hydrogen-bond acceptors (Lipinski definition) is 6. The molecule has 2 saturated heterocycles. The van der Waals surface area contributed by atoms with E-state index < -0.39 is 5.82 Å². The number of aromatic nitrogens is 4. The third-order valence-corrected chi connectivity index (χ3v) is 7.85. The summed E-state index contributed by atoms with van der Waals surface area (Å²) in [6.07, 6.45) is 9.44. The predicted octanol–water partition coefficient (Wildman–Crippen LogP) is 4.06. The van der Waals surface area contributed by atoms with Gasteiger partial charge in [0.1, 0.15) is 17.0 Å². The zero-order valence-corrected chi connectivity index (χ0v) is 21.1. The summed E-state index contributed by atoms with van der Waals surface area (Å²) in [5.41, 5.74) is 2.73. The van der Waals surface area contributed by atoms with Gasteiger partial charge in [-0.05, 0) is 48.7 Å². The fourth-order valence-corrected chi connectivity index (χ4v) is 5.70. The number of anilines is 1. The molecule has 2 aliphatic heterocycles. The Labute approximate surface area is 224 Å². The summed E-state index contributed by atoms with van der Waals surface area (Å²) in [6, 6.07) is 12.1. The molecule has 0 saturated carbocycles. The van der Waals surface area contributed by atoms with Gasteiger partial charge in [-0.25, -0.2) is 14.2 Å². The van der Waals surface area contributed by atoms with Crippen LogP contribution in [0.4, 0.5) is 14.9 Å². The van der Waals surface area contributed by atoms with Crippen LogP contribution in [0.1, 0.15) is 24.8 Å². The second-order valence-electron chi connectivity index (χ2n) is 10.2. The number of rotatable bonds is 5. The van der Waals surface area contributed by atoms with E-state index in [1.54, 1.807) is 11.1 Å². The van der Waals surface area contributed by atoms with Gasteiger partial charge in [0, 0.05) is 61.8 Å². The van der Waals surface area contributed by atoms with Crippen LogP contribution in [0.25, 0.3) is 22.2 Å². The normalized spacial score (nSPS) is 17.4. The quantitative estimate of drug-likeness (QED) is 0.406. The van der Waals surface area contributed by atoms with Gasteiger partial charge in [0.2, 0.25) is 0 Å². The summed E-state index contributed by atoms with van der Waals surface area (Å²) < 4.78 is 16.1. The van der Waals surface area contributed by atoms with Gasteiger partial charge in [-0.2, -0.15) is 15.6 Å². The molecule has 0 bridgehead atoms. The number of carbonyl (C=O) groups is 1. The maximum absolute atomic E-state index is 14.2. The molecule has 0 atom stereocenters. The Bertz CT molecular complexity index is 1610. The number of fused-ring (bicyclic) bond motifs is 1. The van der Waals surface area contributed by atoms with Gasteiger partial charge in [-0.1, -0.05) is 0 Å². The zero-order chi connectivity index (χ0) is 27.0. The van der Waals surface area contributed by atoms with Crippen molar-refractivity contribution in [3.8, 4) is 23.3 Å². The molecule has 5 heterocycles. The molecule has 39 heavy (non-hydrogen) atoms. The van der Waals surface area contributed by atoms with Crippen molar-refractivity contribution in [2.45, 2.75) is 30.8 Å². The van der Waals surface area contributed by atoms with Crippen LogP contribution in [0.2, 0.25) is 0 Å². The summed E-state index contributed by atoms with van der Waals surface area (Å²) >= 11 is 0. The van der Waals surface area contributed by atoms with E-state index in [4.69, 9.17) is 5.26 Å². The number of benzene rings is 1. The van der Waals surface area contributed by atoms with Gasteiger partial charge in [-0.15, -0.1) is 0 Å².